The van der Waals surface area contributed by atoms with Gasteiger partial charge >= 0.3 is 5.97 Å². The second kappa shape index (κ2) is 20.9. The maximum Gasteiger partial charge on any atom is 0.315 e. The van der Waals surface area contributed by atoms with E-state index in [2.05, 4.69) is 40.7 Å². The summed E-state index contributed by atoms with van der Waals surface area (Å²) in [7, 11) is 0. The number of aldehydes is 1. The molecule has 5 aliphatic carbocycles. The number of carbonyl (C=O) groups excluding carboxylic acids is 2. The first-order chi connectivity index (χ1) is 35.1. The highest BCUT2D eigenvalue weighted by Gasteiger charge is 2.71. The molecule has 22 heteroatoms. The molecular formula is C53H84O22. The summed E-state index contributed by atoms with van der Waals surface area (Å²) in [5.74, 6) is -0.925. The van der Waals surface area contributed by atoms with Crippen molar-refractivity contribution in [2.24, 2.45) is 50.2 Å². The Morgan fingerprint density at radius 2 is 1.29 bits per heavy atom. The monoisotopic (exact) mass is 1070 g/mol. The van der Waals surface area contributed by atoms with E-state index in [0.29, 0.717) is 57.8 Å². The van der Waals surface area contributed by atoms with Gasteiger partial charge < -0.3 is 104 Å². The topological polar surface area (TPSA) is 351 Å². The lowest BCUT2D eigenvalue weighted by Gasteiger charge is -2.71. The second-order valence-corrected chi connectivity index (χ2v) is 25.5. The minimum Gasteiger partial charge on any atom is -0.432 e. The van der Waals surface area contributed by atoms with Crippen LogP contribution in [0.5, 0.6) is 0 Å². The number of allylic oxidation sites excluding steroid dienone is 2. The lowest BCUT2D eigenvalue weighted by molar-refractivity contribution is -0.363. The number of rotatable bonds is 11. The zero-order chi connectivity index (χ0) is 54.7. The highest BCUT2D eigenvalue weighted by Crippen LogP contribution is 2.76. The Bertz CT molecular complexity index is 2100. The van der Waals surface area contributed by atoms with Gasteiger partial charge in [-0.15, -0.1) is 0 Å². The molecule has 0 spiro atoms. The highest BCUT2D eigenvalue weighted by atomic mass is 16.8. The van der Waals surface area contributed by atoms with Crippen molar-refractivity contribution in [3.05, 3.63) is 11.6 Å². The zero-order valence-electron chi connectivity index (χ0n) is 44.1. The Hall–Kier alpha value is -1.88. The van der Waals surface area contributed by atoms with Crippen molar-refractivity contribution in [3.8, 4) is 0 Å². The average Bonchev–Trinajstić information content (AvgIpc) is 3.37. The minimum atomic E-state index is -1.84. The summed E-state index contributed by atoms with van der Waals surface area (Å²) in [6, 6.07) is 0. The van der Waals surface area contributed by atoms with Crippen LogP contribution < -0.4 is 0 Å². The predicted octanol–water partition coefficient (Wildman–Crippen LogP) is -1.19. The highest BCUT2D eigenvalue weighted by molar-refractivity contribution is 5.79. The van der Waals surface area contributed by atoms with Crippen LogP contribution in [0, 0.1) is 50.2 Å². The third-order valence-electron chi connectivity index (χ3n) is 20.9. The van der Waals surface area contributed by atoms with Crippen LogP contribution in [0.15, 0.2) is 11.6 Å². The van der Waals surface area contributed by atoms with Gasteiger partial charge in [0.25, 0.3) is 0 Å². The molecule has 12 N–H and O–H groups in total. The first kappa shape index (κ1) is 57.8. The van der Waals surface area contributed by atoms with Crippen LogP contribution in [-0.2, 0) is 47.5 Å². The van der Waals surface area contributed by atoms with Gasteiger partial charge in [-0.1, -0.05) is 53.2 Å². The van der Waals surface area contributed by atoms with Crippen molar-refractivity contribution in [1.29, 1.82) is 0 Å². The van der Waals surface area contributed by atoms with Crippen molar-refractivity contribution in [1.82, 2.24) is 0 Å². The van der Waals surface area contributed by atoms with Crippen LogP contribution in [0.4, 0.5) is 0 Å². The summed E-state index contributed by atoms with van der Waals surface area (Å²) >= 11 is 0. The summed E-state index contributed by atoms with van der Waals surface area (Å²) in [6.45, 7) is 13.2. The number of ether oxygens (including phenoxy) is 8. The maximum absolute atomic E-state index is 15.1. The molecule has 4 aliphatic heterocycles. The zero-order valence-corrected chi connectivity index (χ0v) is 44.1. The molecular weight excluding hydrogens is 989 g/mol. The van der Waals surface area contributed by atoms with Gasteiger partial charge in [0.05, 0.1) is 42.9 Å². The van der Waals surface area contributed by atoms with Crippen molar-refractivity contribution in [2.45, 2.75) is 235 Å². The fourth-order valence-electron chi connectivity index (χ4n) is 15.9. The molecule has 0 radical (unpaired) electrons. The van der Waals surface area contributed by atoms with E-state index in [9.17, 15) is 66.1 Å². The quantitative estimate of drug-likeness (QED) is 0.0501. The van der Waals surface area contributed by atoms with Gasteiger partial charge in [0.15, 0.2) is 18.9 Å². The summed E-state index contributed by atoms with van der Waals surface area (Å²) in [4.78, 5) is 28.8. The molecule has 0 aromatic heterocycles. The lowest BCUT2D eigenvalue weighted by atomic mass is 9.33. The molecule has 4 saturated carbocycles. The number of carbonyl (C=O) groups is 2. The van der Waals surface area contributed by atoms with Crippen LogP contribution in [0.25, 0.3) is 0 Å². The van der Waals surface area contributed by atoms with Gasteiger partial charge in [-0.3, -0.25) is 4.79 Å². The van der Waals surface area contributed by atoms with Crippen LogP contribution in [0.3, 0.4) is 0 Å². The van der Waals surface area contributed by atoms with Crippen molar-refractivity contribution in [2.75, 3.05) is 19.8 Å². The number of hydrogen-bond donors (Lipinski definition) is 12. The average molecular weight is 1070 g/mol. The lowest BCUT2D eigenvalue weighted by Crippen LogP contribution is -2.67. The molecule has 4 saturated heterocycles. The SMILES string of the molecule is CC1OC(OC2C(OC3CCC4(C)C(CCC5(C)C4CC=C4C6CC(C)(C)CCC6(C(=O)OC6OC(COC7OC(CO)C(O)C(O)C7O)C(O)C(O)C6O)CCC45C)C3(C)C=O)OCC(O)C2O)C(O)C(O)C1O. The smallest absolute Gasteiger partial charge is 0.315 e. The van der Waals surface area contributed by atoms with Crippen LogP contribution in [0.1, 0.15) is 113 Å². The summed E-state index contributed by atoms with van der Waals surface area (Å²) in [6.07, 6.45) is -20.6. The van der Waals surface area contributed by atoms with Gasteiger partial charge in [0.2, 0.25) is 6.29 Å². The van der Waals surface area contributed by atoms with E-state index in [1.165, 1.54) is 12.5 Å². The minimum absolute atomic E-state index is 0.0993. The normalized spacial score (nSPS) is 54.8. The standard InChI is InChI=1S/C53H84O22/c1-23-32(57)36(61)40(65)44(70-23)74-42-33(58)26(56)20-68-46(42)73-31-11-12-49(4)29(50(31,5)22-55)10-13-52(7)30(49)9-8-24-25-18-48(2,3)14-16-53(25,17-15-51(24,52)6)47(67)75-45-41(66)38(63)35(60)28(72-45)21-69-43-39(64)37(62)34(59)27(19-54)71-43/h8,22-23,25-46,54,56-66H,9-21H2,1-7H3. The van der Waals surface area contributed by atoms with E-state index >= 15 is 4.79 Å². The van der Waals surface area contributed by atoms with Gasteiger partial charge in [-0.2, -0.15) is 0 Å². The van der Waals surface area contributed by atoms with Crippen molar-refractivity contribution < 1.29 is 109 Å². The van der Waals surface area contributed by atoms with E-state index in [1.807, 2.05) is 6.92 Å². The molecule has 0 bridgehead atoms. The van der Waals surface area contributed by atoms with Crippen molar-refractivity contribution >= 4 is 12.3 Å². The summed E-state index contributed by atoms with van der Waals surface area (Å²) in [5, 5.41) is 127. The molecule has 28 unspecified atom stereocenters. The molecule has 9 aliphatic rings. The third kappa shape index (κ3) is 9.41. The Kier molecular flexibility index (Phi) is 16.1. The van der Waals surface area contributed by atoms with Crippen LogP contribution in [-0.4, -0.2) is 216 Å². The molecule has 0 aromatic rings. The largest absolute Gasteiger partial charge is 0.432 e. The number of esters is 1. The Labute approximate surface area is 437 Å². The van der Waals surface area contributed by atoms with E-state index in [1.54, 1.807) is 0 Å². The fourth-order valence-corrected chi connectivity index (χ4v) is 15.9. The molecule has 22 nitrogen and oxygen atoms in total. The first-order valence-corrected chi connectivity index (χ1v) is 27.1. The summed E-state index contributed by atoms with van der Waals surface area (Å²) in [5.41, 5.74) is -2.11. The molecule has 9 rings (SSSR count). The molecule has 428 valence electrons. The van der Waals surface area contributed by atoms with E-state index < -0.39 is 158 Å². The molecule has 0 amide bonds. The van der Waals surface area contributed by atoms with E-state index in [-0.39, 0.29) is 40.6 Å². The van der Waals surface area contributed by atoms with Gasteiger partial charge in [0, 0.05) is 0 Å². The van der Waals surface area contributed by atoms with Crippen LogP contribution in [0.2, 0.25) is 0 Å². The predicted molar refractivity (Wildman–Crippen MR) is 256 cm³/mol. The molecule has 0 aromatic carbocycles. The number of fused-ring (bicyclic) bond motifs is 7. The summed E-state index contributed by atoms with van der Waals surface area (Å²) < 4.78 is 47.4. The number of hydrogen-bond acceptors (Lipinski definition) is 22. The van der Waals surface area contributed by atoms with E-state index in [4.69, 9.17) is 37.9 Å². The molecule has 4 heterocycles. The fraction of sp³-hybridized carbons (Fsp3) is 0.925. The second-order valence-electron chi connectivity index (χ2n) is 25.5. The number of aliphatic hydroxyl groups is 12. The Balaban J connectivity index is 0.932. The Morgan fingerprint density at radius 3 is 1.97 bits per heavy atom. The van der Waals surface area contributed by atoms with E-state index in [0.717, 1.165) is 12.7 Å². The third-order valence-corrected chi connectivity index (χ3v) is 20.9. The van der Waals surface area contributed by atoms with Gasteiger partial charge in [-0.25, -0.2) is 0 Å². The van der Waals surface area contributed by atoms with Gasteiger partial charge in [0.1, 0.15) is 91.7 Å². The van der Waals surface area contributed by atoms with Crippen LogP contribution >= 0.6 is 0 Å². The molecule has 75 heavy (non-hydrogen) atoms. The maximum atomic E-state index is 15.1. The molecule has 8 fully saturated rings. The Morgan fingerprint density at radius 1 is 0.667 bits per heavy atom. The van der Waals surface area contributed by atoms with Gasteiger partial charge in [-0.05, 0) is 111 Å². The first-order valence-electron chi connectivity index (χ1n) is 27.1. The van der Waals surface area contributed by atoms with Crippen molar-refractivity contribution in [3.63, 3.8) is 0 Å². The number of aliphatic hydroxyl groups excluding tert-OH is 12. The molecule has 28 atom stereocenters.